The first-order valence-electron chi connectivity index (χ1n) is 8.68. The van der Waals surface area contributed by atoms with Gasteiger partial charge < -0.3 is 14.4 Å². The number of nitrogens with zero attached hydrogens (tertiary/aromatic N) is 1. The van der Waals surface area contributed by atoms with Crippen LogP contribution in [0.1, 0.15) is 45.1 Å². The van der Waals surface area contributed by atoms with Crippen LogP contribution in [0.4, 0.5) is 0 Å². The molecule has 1 saturated heterocycles. The molecule has 0 unspecified atom stereocenters. The number of rotatable bonds is 6. The molecule has 132 valence electrons. The van der Waals surface area contributed by atoms with E-state index in [1.807, 2.05) is 25.1 Å². The highest BCUT2D eigenvalue weighted by Crippen LogP contribution is 2.21. The Bertz CT molecular complexity index is 562. The molecule has 1 aromatic carbocycles. The highest BCUT2D eigenvalue weighted by Gasteiger charge is 2.28. The Morgan fingerprint density at radius 3 is 2.58 bits per heavy atom. The summed E-state index contributed by atoms with van der Waals surface area (Å²) in [6.07, 6.45) is 1.32. The van der Waals surface area contributed by atoms with Gasteiger partial charge in [0.2, 0.25) is 0 Å². The number of hydrogen-bond acceptors (Lipinski definition) is 4. The molecule has 5 heteroatoms. The van der Waals surface area contributed by atoms with Gasteiger partial charge in [-0.25, -0.2) is 0 Å². The summed E-state index contributed by atoms with van der Waals surface area (Å²) in [5.41, 5.74) is 1.19. The first-order chi connectivity index (χ1) is 11.5. The number of carbonyl (C=O) groups is 2. The van der Waals surface area contributed by atoms with Gasteiger partial charge in [0.1, 0.15) is 5.75 Å². The quantitative estimate of drug-likeness (QED) is 0.751. The first-order valence-corrected chi connectivity index (χ1v) is 8.68. The second-order valence-electron chi connectivity index (χ2n) is 6.42. The molecule has 1 aliphatic rings. The number of benzene rings is 1. The summed E-state index contributed by atoms with van der Waals surface area (Å²) in [5, 5.41) is 0. The summed E-state index contributed by atoms with van der Waals surface area (Å²) in [6, 6.07) is 7.84. The van der Waals surface area contributed by atoms with Crippen molar-refractivity contribution in [3.8, 4) is 5.75 Å². The fourth-order valence-electron chi connectivity index (χ4n) is 2.82. The van der Waals surface area contributed by atoms with Crippen LogP contribution in [0.25, 0.3) is 0 Å². The smallest absolute Gasteiger partial charge is 0.309 e. The van der Waals surface area contributed by atoms with E-state index in [0.29, 0.717) is 38.5 Å². The lowest BCUT2D eigenvalue weighted by Gasteiger charge is -2.30. The molecule has 0 N–H and O–H groups in total. The van der Waals surface area contributed by atoms with E-state index in [1.165, 1.54) is 5.56 Å². The van der Waals surface area contributed by atoms with Crippen molar-refractivity contribution in [1.29, 1.82) is 0 Å². The Labute approximate surface area is 143 Å². The van der Waals surface area contributed by atoms with Crippen LogP contribution in [-0.4, -0.2) is 43.1 Å². The van der Waals surface area contributed by atoms with E-state index in [2.05, 4.69) is 19.9 Å². The van der Waals surface area contributed by atoms with Crippen LogP contribution < -0.4 is 4.74 Å². The lowest BCUT2D eigenvalue weighted by molar-refractivity contribution is -0.151. The highest BCUT2D eigenvalue weighted by atomic mass is 16.5. The second-order valence-corrected chi connectivity index (χ2v) is 6.42. The van der Waals surface area contributed by atoms with Crippen molar-refractivity contribution in [1.82, 2.24) is 4.90 Å². The molecule has 0 bridgehead atoms. The Kier molecular flexibility index (Phi) is 6.64. The number of piperidine rings is 1. The molecule has 0 atom stereocenters. The van der Waals surface area contributed by atoms with Crippen molar-refractivity contribution in [2.75, 3.05) is 26.3 Å². The van der Waals surface area contributed by atoms with Crippen LogP contribution in [0, 0.1) is 5.92 Å². The minimum Gasteiger partial charge on any atom is -0.484 e. The van der Waals surface area contributed by atoms with Crippen molar-refractivity contribution in [2.24, 2.45) is 5.92 Å². The third-order valence-electron chi connectivity index (χ3n) is 4.35. The fraction of sp³-hybridized carbons (Fsp3) is 0.579. The largest absolute Gasteiger partial charge is 0.484 e. The molecule has 0 saturated carbocycles. The van der Waals surface area contributed by atoms with Crippen LogP contribution in [-0.2, 0) is 14.3 Å². The van der Waals surface area contributed by atoms with E-state index >= 15 is 0 Å². The van der Waals surface area contributed by atoms with Gasteiger partial charge in [-0.15, -0.1) is 0 Å². The Morgan fingerprint density at radius 1 is 1.25 bits per heavy atom. The standard InChI is InChI=1S/C19H27NO4/c1-4-23-19(22)15-8-10-20(11-9-15)18(21)13-24-17-7-5-6-16(12-17)14(2)3/h5-7,12,14-15H,4,8-11,13H2,1-3H3. The van der Waals surface area contributed by atoms with Gasteiger partial charge in [-0.05, 0) is 43.4 Å². The Balaban J connectivity index is 1.80. The first kappa shape index (κ1) is 18.3. The molecule has 1 aliphatic heterocycles. The van der Waals surface area contributed by atoms with E-state index in [9.17, 15) is 9.59 Å². The number of likely N-dealkylation sites (tertiary alicyclic amines) is 1. The summed E-state index contributed by atoms with van der Waals surface area (Å²) < 4.78 is 10.7. The van der Waals surface area contributed by atoms with E-state index in [1.54, 1.807) is 4.90 Å². The van der Waals surface area contributed by atoms with Crippen molar-refractivity contribution >= 4 is 11.9 Å². The lowest BCUT2D eigenvalue weighted by Crippen LogP contribution is -2.42. The number of amides is 1. The van der Waals surface area contributed by atoms with Gasteiger partial charge in [0.05, 0.1) is 12.5 Å². The zero-order chi connectivity index (χ0) is 17.5. The summed E-state index contributed by atoms with van der Waals surface area (Å²) in [4.78, 5) is 25.8. The van der Waals surface area contributed by atoms with Crippen LogP contribution in [0.15, 0.2) is 24.3 Å². The van der Waals surface area contributed by atoms with Crippen LogP contribution in [0.5, 0.6) is 5.75 Å². The molecule has 0 aromatic heterocycles. The molecule has 0 radical (unpaired) electrons. The van der Waals surface area contributed by atoms with Gasteiger partial charge >= 0.3 is 5.97 Å². The number of esters is 1. The molecule has 5 nitrogen and oxygen atoms in total. The molecule has 24 heavy (non-hydrogen) atoms. The normalized spacial score (nSPS) is 15.4. The molecule has 1 aromatic rings. The molecular formula is C19H27NO4. The zero-order valence-corrected chi connectivity index (χ0v) is 14.8. The average molecular weight is 333 g/mol. The van der Waals surface area contributed by atoms with E-state index in [0.717, 1.165) is 5.75 Å². The average Bonchev–Trinajstić information content (AvgIpc) is 2.60. The summed E-state index contributed by atoms with van der Waals surface area (Å²) in [5.74, 6) is 0.873. The summed E-state index contributed by atoms with van der Waals surface area (Å²) in [7, 11) is 0. The number of ether oxygens (including phenoxy) is 2. The molecule has 2 rings (SSSR count). The third kappa shape index (κ3) is 4.98. The fourth-order valence-corrected chi connectivity index (χ4v) is 2.82. The van der Waals surface area contributed by atoms with Crippen molar-refractivity contribution in [3.05, 3.63) is 29.8 Å². The third-order valence-corrected chi connectivity index (χ3v) is 4.35. The Morgan fingerprint density at radius 2 is 1.96 bits per heavy atom. The number of carbonyl (C=O) groups excluding carboxylic acids is 2. The van der Waals surface area contributed by atoms with Crippen LogP contribution in [0.3, 0.4) is 0 Å². The van der Waals surface area contributed by atoms with E-state index in [-0.39, 0.29) is 24.4 Å². The molecule has 1 fully saturated rings. The maximum atomic E-state index is 12.3. The van der Waals surface area contributed by atoms with Gasteiger partial charge in [-0.3, -0.25) is 9.59 Å². The van der Waals surface area contributed by atoms with Crippen LogP contribution >= 0.6 is 0 Å². The highest BCUT2D eigenvalue weighted by molar-refractivity contribution is 5.78. The molecule has 0 spiro atoms. The predicted molar refractivity (Wildman–Crippen MR) is 92.0 cm³/mol. The van der Waals surface area contributed by atoms with Crippen molar-refractivity contribution in [3.63, 3.8) is 0 Å². The van der Waals surface area contributed by atoms with Crippen LogP contribution in [0.2, 0.25) is 0 Å². The van der Waals surface area contributed by atoms with E-state index < -0.39 is 0 Å². The zero-order valence-electron chi connectivity index (χ0n) is 14.8. The van der Waals surface area contributed by atoms with Gasteiger partial charge in [0.15, 0.2) is 6.61 Å². The van der Waals surface area contributed by atoms with Gasteiger partial charge in [0.25, 0.3) is 5.91 Å². The van der Waals surface area contributed by atoms with E-state index in [4.69, 9.17) is 9.47 Å². The molecule has 1 amide bonds. The summed E-state index contributed by atoms with van der Waals surface area (Å²) in [6.45, 7) is 7.65. The topological polar surface area (TPSA) is 55.8 Å². The molecule has 0 aliphatic carbocycles. The number of hydrogen-bond donors (Lipinski definition) is 0. The minimum absolute atomic E-state index is 0.0334. The lowest BCUT2D eigenvalue weighted by atomic mass is 9.97. The van der Waals surface area contributed by atoms with Gasteiger partial charge in [-0.1, -0.05) is 26.0 Å². The predicted octanol–water partition coefficient (Wildman–Crippen LogP) is 2.99. The van der Waals surface area contributed by atoms with Crippen molar-refractivity contribution < 1.29 is 19.1 Å². The maximum absolute atomic E-state index is 12.3. The summed E-state index contributed by atoms with van der Waals surface area (Å²) >= 11 is 0. The van der Waals surface area contributed by atoms with Gasteiger partial charge in [0, 0.05) is 13.1 Å². The Hall–Kier alpha value is -2.04. The monoisotopic (exact) mass is 333 g/mol. The SMILES string of the molecule is CCOC(=O)C1CCN(C(=O)COc2cccc(C(C)C)c2)CC1. The maximum Gasteiger partial charge on any atom is 0.309 e. The molecule has 1 heterocycles. The van der Waals surface area contributed by atoms with Gasteiger partial charge in [-0.2, -0.15) is 0 Å². The molecular weight excluding hydrogens is 306 g/mol. The van der Waals surface area contributed by atoms with Crippen molar-refractivity contribution in [2.45, 2.75) is 39.5 Å². The second kappa shape index (κ2) is 8.71. The minimum atomic E-state index is -0.147.